The summed E-state index contributed by atoms with van der Waals surface area (Å²) >= 11 is 5.76. The zero-order chi connectivity index (χ0) is 20.5. The first-order valence-electron chi connectivity index (χ1n) is 9.66. The molecule has 0 amide bonds. The maximum Gasteiger partial charge on any atom is 0.173 e. The lowest BCUT2D eigenvalue weighted by molar-refractivity contribution is 0.0358. The summed E-state index contributed by atoms with van der Waals surface area (Å²) in [5.41, 5.74) is 1.97. The minimum absolute atomic E-state index is 0.651. The third-order valence-electron chi connectivity index (χ3n) is 4.85. The van der Waals surface area contributed by atoms with Crippen LogP contribution in [0.2, 0.25) is 0 Å². The van der Waals surface area contributed by atoms with Crippen molar-refractivity contribution in [3.8, 4) is 11.5 Å². The van der Waals surface area contributed by atoms with Gasteiger partial charge in [0, 0.05) is 51.2 Å². The predicted molar refractivity (Wildman–Crippen MR) is 118 cm³/mol. The first-order chi connectivity index (χ1) is 14.2. The van der Waals surface area contributed by atoms with Gasteiger partial charge < -0.3 is 24.4 Å². The van der Waals surface area contributed by atoms with Crippen LogP contribution < -0.4 is 14.8 Å². The quantitative estimate of drug-likeness (QED) is 0.659. The lowest BCUT2D eigenvalue weighted by Crippen LogP contribution is -2.44. The third kappa shape index (κ3) is 6.28. The number of hydrogen-bond donors (Lipinski definition) is 1. The van der Waals surface area contributed by atoms with Gasteiger partial charge in [-0.05, 0) is 42.0 Å². The number of thiocarbonyl (C=S) groups is 1. The highest BCUT2D eigenvalue weighted by Gasteiger charge is 2.16. The SMILES string of the molecule is COc1ccc(NC(=S)N(CCN2CCOCC2)Cc2ccncc2)c(OC)c1. The summed E-state index contributed by atoms with van der Waals surface area (Å²) in [6.45, 7) is 5.93. The zero-order valence-corrected chi connectivity index (χ0v) is 17.8. The van der Waals surface area contributed by atoms with Gasteiger partial charge in [-0.15, -0.1) is 0 Å². The molecule has 2 heterocycles. The Morgan fingerprint density at radius 1 is 1.17 bits per heavy atom. The van der Waals surface area contributed by atoms with Gasteiger partial charge in [0.2, 0.25) is 0 Å². The average Bonchev–Trinajstić information content (AvgIpc) is 2.78. The van der Waals surface area contributed by atoms with Crippen LogP contribution in [0.15, 0.2) is 42.7 Å². The van der Waals surface area contributed by atoms with E-state index in [1.54, 1.807) is 26.6 Å². The van der Waals surface area contributed by atoms with E-state index in [-0.39, 0.29) is 0 Å². The van der Waals surface area contributed by atoms with E-state index in [0.717, 1.165) is 56.4 Å². The minimum atomic E-state index is 0.651. The van der Waals surface area contributed by atoms with Crippen molar-refractivity contribution in [1.29, 1.82) is 0 Å². The van der Waals surface area contributed by atoms with Gasteiger partial charge in [0.05, 0.1) is 33.1 Å². The summed E-state index contributed by atoms with van der Waals surface area (Å²) < 4.78 is 16.2. The number of anilines is 1. The molecule has 0 bridgehead atoms. The molecule has 29 heavy (non-hydrogen) atoms. The highest BCUT2D eigenvalue weighted by Crippen LogP contribution is 2.29. The molecule has 0 radical (unpaired) electrons. The Labute approximate surface area is 177 Å². The summed E-state index contributed by atoms with van der Waals surface area (Å²) in [7, 11) is 3.27. The van der Waals surface area contributed by atoms with Gasteiger partial charge >= 0.3 is 0 Å². The van der Waals surface area contributed by atoms with Crippen molar-refractivity contribution < 1.29 is 14.2 Å². The highest BCUT2D eigenvalue weighted by atomic mass is 32.1. The standard InChI is InChI=1S/C21H28N4O3S/c1-26-18-3-4-19(20(15-18)27-2)23-21(29)25(16-17-5-7-22-8-6-17)10-9-24-11-13-28-14-12-24/h3-8,15H,9-14,16H2,1-2H3,(H,23,29). The molecule has 0 aliphatic carbocycles. The summed E-state index contributed by atoms with van der Waals surface area (Å²) in [4.78, 5) is 8.68. The molecule has 2 aromatic rings. The number of ether oxygens (including phenoxy) is 3. The van der Waals surface area contributed by atoms with E-state index < -0.39 is 0 Å². The largest absolute Gasteiger partial charge is 0.497 e. The van der Waals surface area contributed by atoms with Gasteiger partial charge in [-0.1, -0.05) is 0 Å². The fraction of sp³-hybridized carbons (Fsp3) is 0.429. The summed E-state index contributed by atoms with van der Waals surface area (Å²) in [5.74, 6) is 1.42. The van der Waals surface area contributed by atoms with Gasteiger partial charge in [0.1, 0.15) is 11.5 Å². The summed E-state index contributed by atoms with van der Waals surface area (Å²) in [6, 6.07) is 9.66. The molecule has 1 aromatic carbocycles. The molecule has 3 rings (SSSR count). The molecule has 0 spiro atoms. The van der Waals surface area contributed by atoms with Crippen LogP contribution in [-0.2, 0) is 11.3 Å². The smallest absolute Gasteiger partial charge is 0.173 e. The van der Waals surface area contributed by atoms with Crippen LogP contribution in [0.5, 0.6) is 11.5 Å². The molecule has 1 N–H and O–H groups in total. The van der Waals surface area contributed by atoms with E-state index in [0.29, 0.717) is 17.4 Å². The molecule has 0 unspecified atom stereocenters. The van der Waals surface area contributed by atoms with E-state index in [4.69, 9.17) is 26.4 Å². The zero-order valence-electron chi connectivity index (χ0n) is 17.0. The summed E-state index contributed by atoms with van der Waals surface area (Å²) in [6.07, 6.45) is 3.61. The molecular weight excluding hydrogens is 388 g/mol. The van der Waals surface area contributed by atoms with Crippen molar-refractivity contribution in [2.24, 2.45) is 0 Å². The monoisotopic (exact) mass is 416 g/mol. The number of nitrogens with one attached hydrogen (secondary N) is 1. The summed E-state index contributed by atoms with van der Waals surface area (Å²) in [5, 5.41) is 3.99. The molecule has 1 saturated heterocycles. The van der Waals surface area contributed by atoms with E-state index in [2.05, 4.69) is 20.1 Å². The fourth-order valence-electron chi connectivity index (χ4n) is 3.14. The van der Waals surface area contributed by atoms with Crippen molar-refractivity contribution in [2.75, 3.05) is 58.9 Å². The number of hydrogen-bond acceptors (Lipinski definition) is 6. The van der Waals surface area contributed by atoms with Crippen LogP contribution in [0.4, 0.5) is 5.69 Å². The number of rotatable bonds is 8. The van der Waals surface area contributed by atoms with Gasteiger partial charge in [0.25, 0.3) is 0 Å². The molecule has 7 nitrogen and oxygen atoms in total. The number of aromatic nitrogens is 1. The minimum Gasteiger partial charge on any atom is -0.497 e. The number of morpholine rings is 1. The molecular formula is C21H28N4O3S. The van der Waals surface area contributed by atoms with E-state index in [9.17, 15) is 0 Å². The molecule has 8 heteroatoms. The Kier molecular flexibility index (Phi) is 8.03. The molecule has 1 fully saturated rings. The molecule has 1 aromatic heterocycles. The van der Waals surface area contributed by atoms with Crippen molar-refractivity contribution in [2.45, 2.75) is 6.54 Å². The molecule has 0 saturated carbocycles. The highest BCUT2D eigenvalue weighted by molar-refractivity contribution is 7.80. The Balaban J connectivity index is 1.70. The lowest BCUT2D eigenvalue weighted by atomic mass is 10.2. The maximum absolute atomic E-state index is 5.76. The van der Waals surface area contributed by atoms with Gasteiger partial charge in [-0.2, -0.15) is 0 Å². The van der Waals surface area contributed by atoms with Gasteiger partial charge in [-0.3, -0.25) is 9.88 Å². The molecule has 0 atom stereocenters. The van der Waals surface area contributed by atoms with E-state index >= 15 is 0 Å². The average molecular weight is 417 g/mol. The maximum atomic E-state index is 5.76. The van der Waals surface area contributed by atoms with Crippen molar-refractivity contribution >= 4 is 23.0 Å². The number of benzene rings is 1. The normalized spacial score (nSPS) is 14.3. The second-order valence-corrected chi connectivity index (χ2v) is 7.11. The second kappa shape index (κ2) is 10.9. The molecule has 1 aliphatic heterocycles. The Morgan fingerprint density at radius 3 is 2.62 bits per heavy atom. The van der Waals surface area contributed by atoms with E-state index in [1.807, 2.05) is 30.3 Å². The van der Waals surface area contributed by atoms with Crippen LogP contribution in [0.1, 0.15) is 5.56 Å². The van der Waals surface area contributed by atoms with Gasteiger partial charge in [-0.25, -0.2) is 0 Å². The number of pyridine rings is 1. The van der Waals surface area contributed by atoms with Crippen LogP contribution >= 0.6 is 12.2 Å². The van der Waals surface area contributed by atoms with Crippen LogP contribution in [0, 0.1) is 0 Å². The topological polar surface area (TPSA) is 59.1 Å². The first kappa shape index (κ1) is 21.3. The Morgan fingerprint density at radius 2 is 1.93 bits per heavy atom. The number of methoxy groups -OCH3 is 2. The van der Waals surface area contributed by atoms with Crippen molar-refractivity contribution in [1.82, 2.24) is 14.8 Å². The molecule has 1 aliphatic rings. The van der Waals surface area contributed by atoms with E-state index in [1.165, 1.54) is 0 Å². The van der Waals surface area contributed by atoms with Crippen LogP contribution in [0.25, 0.3) is 0 Å². The van der Waals surface area contributed by atoms with Crippen LogP contribution in [0.3, 0.4) is 0 Å². The second-order valence-electron chi connectivity index (χ2n) is 6.73. The lowest BCUT2D eigenvalue weighted by Gasteiger charge is -2.31. The Hall–Kier alpha value is -2.42. The van der Waals surface area contributed by atoms with Crippen molar-refractivity contribution in [3.05, 3.63) is 48.3 Å². The van der Waals surface area contributed by atoms with Crippen molar-refractivity contribution in [3.63, 3.8) is 0 Å². The third-order valence-corrected chi connectivity index (χ3v) is 5.21. The van der Waals surface area contributed by atoms with Gasteiger partial charge in [0.15, 0.2) is 5.11 Å². The van der Waals surface area contributed by atoms with Crippen LogP contribution in [-0.4, -0.2) is 73.5 Å². The molecule has 156 valence electrons. The Bertz CT molecular complexity index is 785. The predicted octanol–water partition coefficient (Wildman–Crippen LogP) is 2.63. The first-order valence-corrected chi connectivity index (χ1v) is 10.1. The number of nitrogens with zero attached hydrogens (tertiary/aromatic N) is 3. The fourth-order valence-corrected chi connectivity index (χ4v) is 3.41.